The second kappa shape index (κ2) is 8.50. The number of halogens is 1. The summed E-state index contributed by atoms with van der Waals surface area (Å²) in [4.78, 5) is 0. The van der Waals surface area contributed by atoms with Gasteiger partial charge in [0.1, 0.15) is 5.75 Å². The zero-order valence-electron chi connectivity index (χ0n) is 12.7. The van der Waals surface area contributed by atoms with Gasteiger partial charge in [0.2, 0.25) is 0 Å². The number of aryl methyl sites for hydroxylation is 2. The van der Waals surface area contributed by atoms with Gasteiger partial charge in [0, 0.05) is 11.1 Å². The summed E-state index contributed by atoms with van der Waals surface area (Å²) < 4.78 is 5.64. The molecule has 1 rings (SSSR count). The van der Waals surface area contributed by atoms with Gasteiger partial charge in [0.15, 0.2) is 0 Å². The first kappa shape index (κ1) is 17.3. The van der Waals surface area contributed by atoms with Crippen molar-refractivity contribution in [2.24, 2.45) is 5.73 Å². The van der Waals surface area contributed by atoms with Crippen molar-refractivity contribution >= 4 is 11.6 Å². The molecule has 0 aliphatic rings. The normalized spacial score (nSPS) is 14.1. The molecule has 20 heavy (non-hydrogen) atoms. The number of aliphatic hydroxyl groups excluding tert-OH is 1. The largest absolute Gasteiger partial charge is 0.494 e. The van der Waals surface area contributed by atoms with Crippen LogP contribution in [-0.4, -0.2) is 23.9 Å². The number of rotatable bonds is 8. The van der Waals surface area contributed by atoms with Gasteiger partial charge in [-0.1, -0.05) is 24.9 Å². The Morgan fingerprint density at radius 3 is 2.60 bits per heavy atom. The van der Waals surface area contributed by atoms with Crippen molar-refractivity contribution in [1.29, 1.82) is 0 Å². The van der Waals surface area contributed by atoms with Gasteiger partial charge in [-0.25, -0.2) is 0 Å². The lowest BCUT2D eigenvalue weighted by atomic mass is 9.98. The van der Waals surface area contributed by atoms with Crippen molar-refractivity contribution in [3.8, 4) is 5.75 Å². The molecule has 2 atom stereocenters. The summed E-state index contributed by atoms with van der Waals surface area (Å²) in [6.45, 7) is 6.60. The molecule has 0 aliphatic carbocycles. The van der Waals surface area contributed by atoms with Crippen molar-refractivity contribution in [2.75, 3.05) is 6.61 Å². The maximum atomic E-state index is 10.1. The lowest BCUT2D eigenvalue weighted by Gasteiger charge is -2.19. The molecule has 1 aromatic carbocycles. The monoisotopic (exact) mass is 299 g/mol. The Balaban J connectivity index is 2.73. The summed E-state index contributed by atoms with van der Waals surface area (Å²) in [7, 11) is 0. The van der Waals surface area contributed by atoms with Crippen LogP contribution in [0.1, 0.15) is 44.2 Å². The van der Waals surface area contributed by atoms with E-state index >= 15 is 0 Å². The number of hydrogen-bond donors (Lipinski definition) is 2. The van der Waals surface area contributed by atoms with Gasteiger partial charge in [-0.3, -0.25) is 0 Å². The fraction of sp³-hybridized carbons (Fsp3) is 0.625. The average molecular weight is 300 g/mol. The molecule has 4 heteroatoms. The van der Waals surface area contributed by atoms with E-state index in [9.17, 15) is 5.11 Å². The SMILES string of the molecule is CCCC(N)C(O)CCc1cc(Cl)c(C)cc1OCC. The fourth-order valence-electron chi connectivity index (χ4n) is 2.22. The standard InChI is InChI=1S/C16H26ClNO2/c1-4-6-14(18)15(19)8-7-12-10-13(17)11(3)9-16(12)20-5-2/h9-10,14-15,19H,4-8,18H2,1-3H3. The number of nitrogens with two attached hydrogens (primary N) is 1. The molecule has 0 radical (unpaired) electrons. The molecular weight excluding hydrogens is 274 g/mol. The van der Waals surface area contributed by atoms with Crippen molar-refractivity contribution < 1.29 is 9.84 Å². The summed E-state index contributed by atoms with van der Waals surface area (Å²) >= 11 is 6.17. The van der Waals surface area contributed by atoms with Crippen molar-refractivity contribution in [3.05, 3.63) is 28.3 Å². The first-order chi connectivity index (χ1) is 9.49. The van der Waals surface area contributed by atoms with Crippen LogP contribution in [-0.2, 0) is 6.42 Å². The molecule has 0 heterocycles. The van der Waals surface area contributed by atoms with Crippen molar-refractivity contribution in [3.63, 3.8) is 0 Å². The van der Waals surface area contributed by atoms with E-state index in [2.05, 4.69) is 6.92 Å². The molecule has 114 valence electrons. The van der Waals surface area contributed by atoms with E-state index in [1.807, 2.05) is 26.0 Å². The minimum absolute atomic E-state index is 0.156. The highest BCUT2D eigenvalue weighted by Crippen LogP contribution is 2.28. The minimum Gasteiger partial charge on any atom is -0.494 e. The zero-order chi connectivity index (χ0) is 15.1. The molecule has 0 saturated carbocycles. The smallest absolute Gasteiger partial charge is 0.122 e. The first-order valence-electron chi connectivity index (χ1n) is 7.35. The Bertz CT molecular complexity index is 423. The van der Waals surface area contributed by atoms with E-state index in [1.165, 1.54) is 0 Å². The van der Waals surface area contributed by atoms with Crippen LogP contribution in [0, 0.1) is 6.92 Å². The second-order valence-corrected chi connectivity index (χ2v) is 5.61. The van der Waals surface area contributed by atoms with Gasteiger partial charge in [-0.15, -0.1) is 0 Å². The van der Waals surface area contributed by atoms with Crippen LogP contribution in [0.2, 0.25) is 5.02 Å². The van der Waals surface area contributed by atoms with E-state index in [1.54, 1.807) is 0 Å². The molecule has 0 bridgehead atoms. The first-order valence-corrected chi connectivity index (χ1v) is 7.72. The second-order valence-electron chi connectivity index (χ2n) is 5.20. The minimum atomic E-state index is -0.482. The Morgan fingerprint density at radius 1 is 1.30 bits per heavy atom. The maximum Gasteiger partial charge on any atom is 0.122 e. The summed E-state index contributed by atoms with van der Waals surface area (Å²) in [5.74, 6) is 0.852. The molecule has 0 fully saturated rings. The van der Waals surface area contributed by atoms with E-state index < -0.39 is 6.10 Å². The fourth-order valence-corrected chi connectivity index (χ4v) is 2.41. The zero-order valence-corrected chi connectivity index (χ0v) is 13.4. The lowest BCUT2D eigenvalue weighted by molar-refractivity contribution is 0.130. The number of benzene rings is 1. The molecule has 0 spiro atoms. The van der Waals surface area contributed by atoms with Gasteiger partial charge in [-0.2, -0.15) is 0 Å². The highest BCUT2D eigenvalue weighted by molar-refractivity contribution is 6.31. The summed E-state index contributed by atoms with van der Waals surface area (Å²) in [6, 6.07) is 3.73. The topological polar surface area (TPSA) is 55.5 Å². The van der Waals surface area contributed by atoms with Crippen molar-refractivity contribution in [1.82, 2.24) is 0 Å². The van der Waals surface area contributed by atoms with Crippen LogP contribution >= 0.6 is 11.6 Å². The highest BCUT2D eigenvalue weighted by Gasteiger charge is 2.15. The molecule has 1 aromatic rings. The predicted molar refractivity (Wildman–Crippen MR) is 84.6 cm³/mol. The van der Waals surface area contributed by atoms with Gasteiger partial charge >= 0.3 is 0 Å². The van der Waals surface area contributed by atoms with Gasteiger partial charge in [-0.05, 0) is 56.4 Å². The summed E-state index contributed by atoms with van der Waals surface area (Å²) in [5.41, 5.74) is 7.97. The van der Waals surface area contributed by atoms with Gasteiger partial charge in [0.25, 0.3) is 0 Å². The third-order valence-corrected chi connectivity index (χ3v) is 3.87. The van der Waals surface area contributed by atoms with Gasteiger partial charge in [0.05, 0.1) is 12.7 Å². The van der Waals surface area contributed by atoms with E-state index in [4.69, 9.17) is 22.1 Å². The highest BCUT2D eigenvalue weighted by atomic mass is 35.5. The third kappa shape index (κ3) is 4.97. The predicted octanol–water partition coefficient (Wildman–Crippen LogP) is 3.47. The Hall–Kier alpha value is -0.770. The van der Waals surface area contributed by atoms with E-state index in [0.717, 1.165) is 34.7 Å². The number of ether oxygens (including phenoxy) is 1. The molecule has 3 nitrogen and oxygen atoms in total. The lowest BCUT2D eigenvalue weighted by Crippen LogP contribution is -2.34. The van der Waals surface area contributed by atoms with Crippen LogP contribution in [0.25, 0.3) is 0 Å². The van der Waals surface area contributed by atoms with Crippen LogP contribution < -0.4 is 10.5 Å². The molecule has 2 unspecified atom stereocenters. The average Bonchev–Trinajstić information content (AvgIpc) is 2.41. The van der Waals surface area contributed by atoms with Crippen LogP contribution in [0.5, 0.6) is 5.75 Å². The molecule has 0 saturated heterocycles. The molecule has 0 amide bonds. The quantitative estimate of drug-likeness (QED) is 0.773. The molecular formula is C16H26ClNO2. The van der Waals surface area contributed by atoms with Crippen LogP contribution in [0.15, 0.2) is 12.1 Å². The number of hydrogen-bond acceptors (Lipinski definition) is 3. The van der Waals surface area contributed by atoms with Crippen LogP contribution in [0.4, 0.5) is 0 Å². The van der Waals surface area contributed by atoms with E-state index in [0.29, 0.717) is 19.4 Å². The molecule has 0 aliphatic heterocycles. The van der Waals surface area contributed by atoms with Gasteiger partial charge < -0.3 is 15.6 Å². The third-order valence-electron chi connectivity index (χ3n) is 3.47. The van der Waals surface area contributed by atoms with E-state index in [-0.39, 0.29) is 6.04 Å². The Labute approximate surface area is 127 Å². The van der Waals surface area contributed by atoms with Crippen molar-refractivity contribution in [2.45, 2.75) is 58.6 Å². The summed E-state index contributed by atoms with van der Waals surface area (Å²) in [6.07, 6.45) is 2.69. The Morgan fingerprint density at radius 2 is 2.00 bits per heavy atom. The summed E-state index contributed by atoms with van der Waals surface area (Å²) in [5, 5.41) is 10.8. The number of aliphatic hydroxyl groups is 1. The maximum absolute atomic E-state index is 10.1. The van der Waals surface area contributed by atoms with Crippen LogP contribution in [0.3, 0.4) is 0 Å². The Kier molecular flexibility index (Phi) is 7.35. The molecule has 0 aromatic heterocycles. The molecule has 3 N–H and O–H groups in total.